The van der Waals surface area contributed by atoms with E-state index in [0.29, 0.717) is 24.6 Å². The van der Waals surface area contributed by atoms with Gasteiger partial charge in [-0.25, -0.2) is 4.98 Å². The van der Waals surface area contributed by atoms with Crippen LogP contribution in [0, 0.1) is 11.3 Å². The molecule has 0 amide bonds. The Hall–Kier alpha value is -3.00. The first-order valence-electron chi connectivity index (χ1n) is 6.52. The lowest BCUT2D eigenvalue weighted by Gasteiger charge is -2.21. The molecule has 104 valence electrons. The summed E-state index contributed by atoms with van der Waals surface area (Å²) in [6.07, 6.45) is 3.28. The van der Waals surface area contributed by atoms with Gasteiger partial charge in [0.25, 0.3) is 0 Å². The van der Waals surface area contributed by atoms with Crippen LogP contribution in [-0.4, -0.2) is 4.98 Å². The van der Waals surface area contributed by atoms with Gasteiger partial charge in [-0.2, -0.15) is 5.26 Å². The minimum Gasteiger partial charge on any atom is -0.467 e. The van der Waals surface area contributed by atoms with Crippen LogP contribution in [0.15, 0.2) is 63.8 Å². The molecule has 0 aliphatic heterocycles. The van der Waals surface area contributed by atoms with Crippen LogP contribution in [0.4, 0.5) is 5.82 Å². The maximum atomic E-state index is 8.99. The van der Waals surface area contributed by atoms with Crippen molar-refractivity contribution in [1.82, 2.24) is 4.98 Å². The predicted molar refractivity (Wildman–Crippen MR) is 76.3 cm³/mol. The van der Waals surface area contributed by atoms with Gasteiger partial charge in [-0.05, 0) is 36.4 Å². The molecule has 3 rings (SSSR count). The lowest BCUT2D eigenvalue weighted by Crippen LogP contribution is -2.22. The molecule has 0 spiro atoms. The van der Waals surface area contributed by atoms with Crippen LogP contribution < -0.4 is 4.90 Å². The van der Waals surface area contributed by atoms with E-state index in [4.69, 9.17) is 14.1 Å². The van der Waals surface area contributed by atoms with E-state index in [1.54, 1.807) is 18.6 Å². The molecule has 0 saturated heterocycles. The SMILES string of the molecule is N#Cc1cccc(N(Cc2ccco2)Cc2ccco2)n1. The van der Waals surface area contributed by atoms with Gasteiger partial charge < -0.3 is 13.7 Å². The summed E-state index contributed by atoms with van der Waals surface area (Å²) >= 11 is 0. The van der Waals surface area contributed by atoms with E-state index in [-0.39, 0.29) is 0 Å². The summed E-state index contributed by atoms with van der Waals surface area (Å²) in [7, 11) is 0. The van der Waals surface area contributed by atoms with Crippen molar-refractivity contribution in [3.8, 4) is 6.07 Å². The number of rotatable bonds is 5. The molecule has 3 aromatic rings. The molecular weight excluding hydrogens is 266 g/mol. The Bertz CT molecular complexity index is 691. The predicted octanol–water partition coefficient (Wildman–Crippen LogP) is 3.35. The molecule has 0 radical (unpaired) electrons. The van der Waals surface area contributed by atoms with Crippen molar-refractivity contribution in [2.24, 2.45) is 0 Å². The summed E-state index contributed by atoms with van der Waals surface area (Å²) in [4.78, 5) is 6.33. The van der Waals surface area contributed by atoms with Gasteiger partial charge >= 0.3 is 0 Å². The van der Waals surface area contributed by atoms with Gasteiger partial charge in [0.05, 0.1) is 25.6 Å². The highest BCUT2D eigenvalue weighted by Gasteiger charge is 2.13. The Labute approximate surface area is 122 Å². The van der Waals surface area contributed by atoms with Gasteiger partial charge in [0.2, 0.25) is 0 Å². The molecule has 0 aromatic carbocycles. The second-order valence-corrected chi connectivity index (χ2v) is 4.51. The summed E-state index contributed by atoms with van der Waals surface area (Å²) in [5.74, 6) is 2.36. The van der Waals surface area contributed by atoms with E-state index in [2.05, 4.69) is 11.1 Å². The lowest BCUT2D eigenvalue weighted by atomic mass is 10.3. The van der Waals surface area contributed by atoms with Crippen molar-refractivity contribution >= 4 is 5.82 Å². The fourth-order valence-corrected chi connectivity index (χ4v) is 2.06. The molecule has 0 N–H and O–H groups in total. The Morgan fingerprint density at radius 1 is 0.952 bits per heavy atom. The van der Waals surface area contributed by atoms with Crippen LogP contribution in [0.3, 0.4) is 0 Å². The third-order valence-electron chi connectivity index (χ3n) is 3.03. The average Bonchev–Trinajstić information content (AvgIpc) is 3.20. The van der Waals surface area contributed by atoms with Crippen LogP contribution in [-0.2, 0) is 13.1 Å². The van der Waals surface area contributed by atoms with Gasteiger partial charge in [0.15, 0.2) is 0 Å². The molecule has 0 atom stereocenters. The lowest BCUT2D eigenvalue weighted by molar-refractivity contribution is 0.475. The Morgan fingerprint density at radius 2 is 1.62 bits per heavy atom. The van der Waals surface area contributed by atoms with Crippen LogP contribution in [0.1, 0.15) is 17.2 Å². The van der Waals surface area contributed by atoms with Crippen molar-refractivity contribution in [2.45, 2.75) is 13.1 Å². The van der Waals surface area contributed by atoms with Gasteiger partial charge in [-0.1, -0.05) is 6.07 Å². The Kier molecular flexibility index (Phi) is 3.70. The third kappa shape index (κ3) is 3.12. The van der Waals surface area contributed by atoms with E-state index < -0.39 is 0 Å². The number of hydrogen-bond donors (Lipinski definition) is 0. The quantitative estimate of drug-likeness (QED) is 0.716. The largest absolute Gasteiger partial charge is 0.467 e. The molecule has 5 heteroatoms. The molecule has 0 fully saturated rings. The molecule has 0 unspecified atom stereocenters. The van der Waals surface area contributed by atoms with Gasteiger partial charge in [0.1, 0.15) is 29.1 Å². The van der Waals surface area contributed by atoms with Crippen molar-refractivity contribution in [3.63, 3.8) is 0 Å². The number of furan rings is 2. The first-order valence-corrected chi connectivity index (χ1v) is 6.52. The van der Waals surface area contributed by atoms with E-state index in [1.165, 1.54) is 0 Å². The fourth-order valence-electron chi connectivity index (χ4n) is 2.06. The van der Waals surface area contributed by atoms with Gasteiger partial charge in [0, 0.05) is 0 Å². The Morgan fingerprint density at radius 3 is 2.14 bits per heavy atom. The molecule has 3 aromatic heterocycles. The van der Waals surface area contributed by atoms with Crippen LogP contribution in [0.2, 0.25) is 0 Å². The molecule has 0 bridgehead atoms. The van der Waals surface area contributed by atoms with Gasteiger partial charge in [-0.15, -0.1) is 0 Å². The Balaban J connectivity index is 1.88. The fraction of sp³-hybridized carbons (Fsp3) is 0.125. The number of pyridine rings is 1. The highest BCUT2D eigenvalue weighted by Crippen LogP contribution is 2.19. The average molecular weight is 279 g/mol. The third-order valence-corrected chi connectivity index (χ3v) is 3.03. The monoisotopic (exact) mass is 279 g/mol. The highest BCUT2D eigenvalue weighted by atomic mass is 16.3. The van der Waals surface area contributed by atoms with Crippen LogP contribution in [0.5, 0.6) is 0 Å². The second kappa shape index (κ2) is 5.97. The minimum atomic E-state index is 0.386. The van der Waals surface area contributed by atoms with E-state index in [9.17, 15) is 0 Å². The molecule has 0 saturated carbocycles. The van der Waals surface area contributed by atoms with Gasteiger partial charge in [-0.3, -0.25) is 0 Å². The molecular formula is C16H13N3O2. The van der Waals surface area contributed by atoms with Crippen LogP contribution in [0.25, 0.3) is 0 Å². The first-order chi connectivity index (χ1) is 10.3. The van der Waals surface area contributed by atoms with Crippen LogP contribution >= 0.6 is 0 Å². The topological polar surface area (TPSA) is 66.2 Å². The zero-order valence-electron chi connectivity index (χ0n) is 11.3. The minimum absolute atomic E-state index is 0.386. The zero-order chi connectivity index (χ0) is 14.5. The molecule has 0 aliphatic carbocycles. The number of hydrogen-bond acceptors (Lipinski definition) is 5. The van der Waals surface area contributed by atoms with Crippen molar-refractivity contribution in [3.05, 3.63) is 72.2 Å². The summed E-state index contributed by atoms with van der Waals surface area (Å²) in [5, 5.41) is 8.99. The maximum absolute atomic E-state index is 8.99. The second-order valence-electron chi connectivity index (χ2n) is 4.51. The maximum Gasteiger partial charge on any atom is 0.142 e. The first kappa shape index (κ1) is 13.0. The zero-order valence-corrected chi connectivity index (χ0v) is 11.3. The van der Waals surface area contributed by atoms with E-state index >= 15 is 0 Å². The molecule has 21 heavy (non-hydrogen) atoms. The van der Waals surface area contributed by atoms with E-state index in [0.717, 1.165) is 11.5 Å². The smallest absolute Gasteiger partial charge is 0.142 e. The molecule has 5 nitrogen and oxygen atoms in total. The normalized spacial score (nSPS) is 10.2. The highest BCUT2D eigenvalue weighted by molar-refractivity contribution is 5.42. The van der Waals surface area contributed by atoms with Crippen molar-refractivity contribution < 1.29 is 8.83 Å². The number of nitrogens with zero attached hydrogens (tertiary/aromatic N) is 3. The summed E-state index contributed by atoms with van der Waals surface area (Å²) in [6, 6.07) is 14.9. The van der Waals surface area contributed by atoms with Crippen molar-refractivity contribution in [2.75, 3.05) is 4.90 Å². The molecule has 0 aliphatic rings. The summed E-state index contributed by atoms with van der Waals surface area (Å²) < 4.78 is 10.8. The summed E-state index contributed by atoms with van der Waals surface area (Å²) in [5.41, 5.74) is 0.386. The summed E-state index contributed by atoms with van der Waals surface area (Å²) in [6.45, 7) is 1.10. The number of aromatic nitrogens is 1. The van der Waals surface area contributed by atoms with Crippen molar-refractivity contribution in [1.29, 1.82) is 5.26 Å². The number of anilines is 1. The van der Waals surface area contributed by atoms with E-state index in [1.807, 2.05) is 41.3 Å². The number of nitriles is 1. The standard InChI is InChI=1S/C16H13N3O2/c17-10-13-4-1-7-16(18-13)19(11-14-5-2-8-20-14)12-15-6-3-9-21-15/h1-9H,11-12H2. The molecule has 3 heterocycles.